The van der Waals surface area contributed by atoms with E-state index in [1.807, 2.05) is 17.7 Å². The number of rotatable bonds is 7. The molecule has 7 nitrogen and oxygen atoms in total. The Morgan fingerprint density at radius 1 is 1.07 bits per heavy atom. The van der Waals surface area contributed by atoms with Gasteiger partial charge in [0.15, 0.2) is 5.96 Å². The lowest BCUT2D eigenvalue weighted by molar-refractivity contribution is 0.0652. The van der Waals surface area contributed by atoms with E-state index in [9.17, 15) is 9.59 Å². The Kier molecular flexibility index (Phi) is 8.99. The molecule has 1 aliphatic heterocycles. The van der Waals surface area contributed by atoms with Crippen LogP contribution in [0, 0.1) is 0 Å². The maximum absolute atomic E-state index is 12.3. The summed E-state index contributed by atoms with van der Waals surface area (Å²) in [6.07, 6.45) is 1.49. The fourth-order valence-corrected chi connectivity index (χ4v) is 3.61. The highest BCUT2D eigenvalue weighted by Gasteiger charge is 2.34. The predicted octanol–water partition coefficient (Wildman–Crippen LogP) is 3.69. The number of unbranched alkanes of at least 4 members (excludes halogenated alkanes) is 1. The summed E-state index contributed by atoms with van der Waals surface area (Å²) in [7, 11) is 3.54. The number of carbonyl (C=O) groups is 2. The van der Waals surface area contributed by atoms with Crippen molar-refractivity contribution in [2.75, 3.05) is 20.1 Å². The minimum atomic E-state index is -0.212. The first-order chi connectivity index (χ1) is 13.9. The van der Waals surface area contributed by atoms with Gasteiger partial charge in [0.05, 0.1) is 22.7 Å². The molecule has 1 aliphatic rings. The van der Waals surface area contributed by atoms with Crippen LogP contribution in [0.3, 0.4) is 0 Å². The number of nitrogens with one attached hydrogen (secondary N) is 2. The number of nitrogens with zero attached hydrogens (tertiary/aromatic N) is 3. The topological polar surface area (TPSA) is 78.7 Å². The van der Waals surface area contributed by atoms with Gasteiger partial charge < -0.3 is 15.2 Å². The van der Waals surface area contributed by atoms with Crippen molar-refractivity contribution in [1.29, 1.82) is 0 Å². The number of aliphatic imine (C=N–C) groups is 1. The van der Waals surface area contributed by atoms with Crippen LogP contribution in [0.2, 0.25) is 10.2 Å². The number of hydrogen-bond acceptors (Lipinski definition) is 3. The van der Waals surface area contributed by atoms with E-state index in [0.717, 1.165) is 12.1 Å². The zero-order chi connectivity index (χ0) is 21.0. The number of halogens is 3. The van der Waals surface area contributed by atoms with E-state index in [4.69, 9.17) is 23.2 Å². The SMILES string of the molecule is CN=C(NCCCCN1C(=O)c2ccccc2C1=O)NCc1cc(Cl)c(Cl)n1C.I. The smallest absolute Gasteiger partial charge is 0.261 e. The summed E-state index contributed by atoms with van der Waals surface area (Å²) in [4.78, 5) is 30.2. The molecule has 2 N–H and O–H groups in total. The molecule has 0 saturated carbocycles. The average Bonchev–Trinajstić information content (AvgIpc) is 3.12. The van der Waals surface area contributed by atoms with E-state index in [2.05, 4.69) is 15.6 Å². The van der Waals surface area contributed by atoms with E-state index in [0.29, 0.717) is 53.3 Å². The van der Waals surface area contributed by atoms with Crippen LogP contribution in [-0.2, 0) is 13.6 Å². The van der Waals surface area contributed by atoms with Crippen molar-refractivity contribution in [3.8, 4) is 0 Å². The molecule has 1 aromatic carbocycles. The molecule has 3 rings (SSSR count). The first kappa shape index (κ1) is 24.5. The van der Waals surface area contributed by atoms with Gasteiger partial charge in [0, 0.05) is 32.9 Å². The van der Waals surface area contributed by atoms with E-state index in [1.54, 1.807) is 31.3 Å². The monoisotopic (exact) mass is 563 g/mol. The van der Waals surface area contributed by atoms with Gasteiger partial charge in [-0.1, -0.05) is 35.3 Å². The normalized spacial score (nSPS) is 13.3. The van der Waals surface area contributed by atoms with Gasteiger partial charge in [-0.25, -0.2) is 0 Å². The second-order valence-corrected chi connectivity index (χ2v) is 7.47. The molecule has 2 heterocycles. The second-order valence-electron chi connectivity index (χ2n) is 6.70. The Morgan fingerprint density at radius 3 is 2.23 bits per heavy atom. The molecule has 2 amide bonds. The maximum atomic E-state index is 12.3. The average molecular weight is 564 g/mol. The van der Waals surface area contributed by atoms with Crippen molar-refractivity contribution in [1.82, 2.24) is 20.1 Å². The number of guanidine groups is 1. The third-order valence-corrected chi connectivity index (χ3v) is 5.70. The summed E-state index contributed by atoms with van der Waals surface area (Å²) in [5.74, 6) is 0.228. The van der Waals surface area contributed by atoms with Crippen LogP contribution in [0.5, 0.6) is 0 Å². The second kappa shape index (κ2) is 11.0. The molecule has 0 bridgehead atoms. The third kappa shape index (κ3) is 5.28. The number of aromatic nitrogens is 1. The molecule has 0 fully saturated rings. The van der Waals surface area contributed by atoms with Gasteiger partial charge in [0.2, 0.25) is 0 Å². The lowest BCUT2D eigenvalue weighted by Gasteiger charge is -2.15. The molecular weight excluding hydrogens is 540 g/mol. The molecule has 1 aromatic heterocycles. The minimum Gasteiger partial charge on any atom is -0.356 e. The Labute approximate surface area is 202 Å². The van der Waals surface area contributed by atoms with Crippen LogP contribution >= 0.6 is 47.2 Å². The van der Waals surface area contributed by atoms with E-state index >= 15 is 0 Å². The lowest BCUT2D eigenvalue weighted by Crippen LogP contribution is -2.38. The molecule has 162 valence electrons. The van der Waals surface area contributed by atoms with Gasteiger partial charge >= 0.3 is 0 Å². The number of imide groups is 1. The summed E-state index contributed by atoms with van der Waals surface area (Å²) in [5, 5.41) is 7.44. The van der Waals surface area contributed by atoms with Crippen LogP contribution in [0.1, 0.15) is 39.3 Å². The number of amides is 2. The van der Waals surface area contributed by atoms with Crippen LogP contribution in [-0.4, -0.2) is 47.4 Å². The number of hydrogen-bond donors (Lipinski definition) is 2. The van der Waals surface area contributed by atoms with Crippen molar-refractivity contribution in [3.63, 3.8) is 0 Å². The lowest BCUT2D eigenvalue weighted by atomic mass is 10.1. The zero-order valence-corrected chi connectivity index (χ0v) is 20.6. The summed E-state index contributed by atoms with van der Waals surface area (Å²) in [5.41, 5.74) is 1.91. The molecule has 0 aliphatic carbocycles. The van der Waals surface area contributed by atoms with Gasteiger partial charge in [-0.3, -0.25) is 19.5 Å². The highest BCUT2D eigenvalue weighted by molar-refractivity contribution is 14.0. The summed E-state index contributed by atoms with van der Waals surface area (Å²) in [6.45, 7) is 1.59. The van der Waals surface area contributed by atoms with Crippen LogP contribution in [0.25, 0.3) is 0 Å². The van der Waals surface area contributed by atoms with Gasteiger partial charge in [-0.2, -0.15) is 0 Å². The predicted molar refractivity (Wildman–Crippen MR) is 130 cm³/mol. The van der Waals surface area contributed by atoms with Gasteiger partial charge in [0.1, 0.15) is 5.15 Å². The van der Waals surface area contributed by atoms with Crippen molar-refractivity contribution in [2.24, 2.45) is 12.0 Å². The first-order valence-electron chi connectivity index (χ1n) is 9.33. The molecule has 10 heteroatoms. The summed E-state index contributed by atoms with van der Waals surface area (Å²) >= 11 is 12.1. The molecular formula is C20H24Cl2IN5O2. The van der Waals surface area contributed by atoms with E-state index in [1.165, 1.54) is 4.90 Å². The van der Waals surface area contributed by atoms with Gasteiger partial charge in [-0.15, -0.1) is 24.0 Å². The molecule has 0 spiro atoms. The van der Waals surface area contributed by atoms with Crippen molar-refractivity contribution >= 4 is 65.0 Å². The first-order valence-corrected chi connectivity index (χ1v) is 10.1. The largest absolute Gasteiger partial charge is 0.356 e. The summed E-state index contributed by atoms with van der Waals surface area (Å²) < 4.78 is 1.81. The number of carbonyl (C=O) groups excluding carboxylic acids is 2. The van der Waals surface area contributed by atoms with E-state index in [-0.39, 0.29) is 35.8 Å². The Bertz CT molecular complexity index is 926. The molecule has 0 saturated heterocycles. The van der Waals surface area contributed by atoms with Gasteiger partial charge in [-0.05, 0) is 31.0 Å². The minimum absolute atomic E-state index is 0. The molecule has 0 radical (unpaired) electrons. The third-order valence-electron chi connectivity index (χ3n) is 4.86. The Hall–Kier alpha value is -1.78. The van der Waals surface area contributed by atoms with Crippen LogP contribution < -0.4 is 10.6 Å². The number of benzene rings is 1. The maximum Gasteiger partial charge on any atom is 0.261 e. The molecule has 0 unspecified atom stereocenters. The highest BCUT2D eigenvalue weighted by Crippen LogP contribution is 2.25. The van der Waals surface area contributed by atoms with Crippen molar-refractivity contribution in [2.45, 2.75) is 19.4 Å². The van der Waals surface area contributed by atoms with Gasteiger partial charge in [0.25, 0.3) is 11.8 Å². The molecule has 30 heavy (non-hydrogen) atoms. The quantitative estimate of drug-likeness (QED) is 0.177. The fraction of sp³-hybridized carbons (Fsp3) is 0.350. The zero-order valence-electron chi connectivity index (χ0n) is 16.7. The van der Waals surface area contributed by atoms with Crippen LogP contribution in [0.15, 0.2) is 35.3 Å². The van der Waals surface area contributed by atoms with Crippen molar-refractivity contribution < 1.29 is 9.59 Å². The standard InChI is InChI=1S/C20H23Cl2N5O2.HI/c1-23-20(25-12-13-11-16(21)17(22)26(13)2)24-9-5-6-10-27-18(28)14-7-3-4-8-15(14)19(27)29;/h3-4,7-8,11H,5-6,9-10,12H2,1-2H3,(H2,23,24,25);1H. The van der Waals surface area contributed by atoms with E-state index < -0.39 is 0 Å². The molecule has 0 atom stereocenters. The Morgan fingerprint density at radius 2 is 1.70 bits per heavy atom. The number of fused-ring (bicyclic) bond motifs is 1. The fourth-order valence-electron chi connectivity index (χ4n) is 3.20. The highest BCUT2D eigenvalue weighted by atomic mass is 127. The molecule has 2 aromatic rings. The van der Waals surface area contributed by atoms with Crippen LogP contribution in [0.4, 0.5) is 0 Å². The summed E-state index contributed by atoms with van der Waals surface area (Å²) in [6, 6.07) is 8.74. The van der Waals surface area contributed by atoms with Crippen molar-refractivity contribution in [3.05, 3.63) is 57.3 Å². The Balaban J connectivity index is 0.00000320.